The van der Waals surface area contributed by atoms with Crippen molar-refractivity contribution in [2.24, 2.45) is 5.92 Å². The van der Waals surface area contributed by atoms with E-state index in [4.69, 9.17) is 32.7 Å². The molecule has 1 fully saturated rings. The highest BCUT2D eigenvalue weighted by atomic mass is 35.5. The highest BCUT2D eigenvalue weighted by Crippen LogP contribution is 2.31. The van der Waals surface area contributed by atoms with Crippen LogP contribution in [0.1, 0.15) is 42.8 Å². The zero-order chi connectivity index (χ0) is 24.9. The van der Waals surface area contributed by atoms with Crippen molar-refractivity contribution in [2.45, 2.75) is 32.1 Å². The predicted octanol–water partition coefficient (Wildman–Crippen LogP) is 4.43. The van der Waals surface area contributed by atoms with Crippen LogP contribution in [0.2, 0.25) is 10.0 Å². The van der Waals surface area contributed by atoms with E-state index in [1.54, 1.807) is 18.2 Å². The van der Waals surface area contributed by atoms with Gasteiger partial charge in [-0.2, -0.15) is 0 Å². The number of aromatic nitrogens is 3. The van der Waals surface area contributed by atoms with Gasteiger partial charge < -0.3 is 29.9 Å². The number of rotatable bonds is 5. The van der Waals surface area contributed by atoms with E-state index in [1.165, 1.54) is 37.6 Å². The van der Waals surface area contributed by atoms with Crippen LogP contribution in [-0.2, 0) is 4.79 Å². The molecule has 0 saturated heterocycles. The number of pyridine rings is 1. The number of nitrogens with zero attached hydrogens (tertiary/aromatic N) is 2. The third-order valence-electron chi connectivity index (χ3n) is 4.70. The normalized spacial score (nSPS) is 12.9. The molecule has 0 aliphatic heterocycles. The molecule has 0 radical (unpaired) electrons. The number of aldehydes is 1. The van der Waals surface area contributed by atoms with Gasteiger partial charge in [0.1, 0.15) is 6.29 Å². The van der Waals surface area contributed by atoms with Crippen molar-refractivity contribution < 1.29 is 19.1 Å². The van der Waals surface area contributed by atoms with Crippen LogP contribution < -0.4 is 16.2 Å². The lowest BCUT2D eigenvalue weighted by molar-refractivity contribution is -0.111. The number of nitrogens with one attached hydrogen (secondary N) is 3. The van der Waals surface area contributed by atoms with Crippen LogP contribution in [-0.4, -0.2) is 39.6 Å². The highest BCUT2D eigenvalue weighted by molar-refractivity contribution is 6.43. The summed E-state index contributed by atoms with van der Waals surface area (Å²) < 4.78 is 5.22. The molecule has 34 heavy (non-hydrogen) atoms. The highest BCUT2D eigenvalue weighted by Gasteiger charge is 2.16. The van der Waals surface area contributed by atoms with Gasteiger partial charge in [0.25, 0.3) is 0 Å². The lowest BCUT2D eigenvalue weighted by atomic mass is 9.91. The number of amides is 1. The second kappa shape index (κ2) is 14.1. The minimum Gasteiger partial charge on any atom is -0.400 e. The first kappa shape index (κ1) is 27.0. The molecule has 2 aromatic heterocycles. The lowest BCUT2D eigenvalue weighted by Gasteiger charge is -2.14. The first-order valence-electron chi connectivity index (χ1n) is 10.4. The second-order valence-corrected chi connectivity index (χ2v) is 7.85. The Balaban J connectivity index is 0.000000343. The Kier molecular flexibility index (Phi) is 11.2. The zero-order valence-corrected chi connectivity index (χ0v) is 19.9. The van der Waals surface area contributed by atoms with Gasteiger partial charge in [-0.25, -0.2) is 0 Å². The van der Waals surface area contributed by atoms with Gasteiger partial charge in [0.2, 0.25) is 5.56 Å². The van der Waals surface area contributed by atoms with Gasteiger partial charge in [0, 0.05) is 25.3 Å². The van der Waals surface area contributed by atoms with Crippen molar-refractivity contribution in [3.05, 3.63) is 62.8 Å². The molecule has 1 aromatic carbocycles. The molecule has 0 atom stereocenters. The van der Waals surface area contributed by atoms with Gasteiger partial charge in [-0.1, -0.05) is 53.6 Å². The number of benzene rings is 1. The number of hydrogen-bond donors (Lipinski definition) is 4. The number of aliphatic hydroxyl groups excluding tert-OH is 1. The topological polar surface area (TPSA) is 150 Å². The molecule has 0 bridgehead atoms. The maximum absolute atomic E-state index is 12.0. The molecule has 1 aliphatic rings. The first-order valence-corrected chi connectivity index (χ1v) is 11.2. The van der Waals surface area contributed by atoms with Gasteiger partial charge in [-0.05, 0) is 31.0 Å². The van der Waals surface area contributed by atoms with E-state index < -0.39 is 5.91 Å². The molecule has 10 nitrogen and oxygen atoms in total. The number of halogens is 2. The van der Waals surface area contributed by atoms with Crippen LogP contribution >= 0.6 is 23.2 Å². The summed E-state index contributed by atoms with van der Waals surface area (Å²) in [7, 11) is 1.00. The average Bonchev–Trinajstić information content (AvgIpc) is 3.34. The Morgan fingerprint density at radius 2 is 1.88 bits per heavy atom. The molecule has 2 heterocycles. The summed E-state index contributed by atoms with van der Waals surface area (Å²) in [5.41, 5.74) is 0.557. The van der Waals surface area contributed by atoms with Crippen LogP contribution in [0.4, 0.5) is 17.4 Å². The molecule has 0 spiro atoms. The second-order valence-electron chi connectivity index (χ2n) is 7.07. The summed E-state index contributed by atoms with van der Waals surface area (Å²) in [6.07, 6.45) is 8.62. The fourth-order valence-corrected chi connectivity index (χ4v) is 3.37. The summed E-state index contributed by atoms with van der Waals surface area (Å²) in [5, 5.41) is 20.3. The number of anilines is 3. The fraction of sp³-hybridized carbons (Fsp3) is 0.318. The van der Waals surface area contributed by atoms with E-state index in [0.29, 0.717) is 22.3 Å². The fourth-order valence-electron chi connectivity index (χ4n) is 3.02. The Bertz CT molecular complexity index is 1110. The molecular weight excluding hydrogens is 485 g/mol. The quantitative estimate of drug-likeness (QED) is 0.368. The number of H-pyrrole nitrogens is 1. The maximum Gasteiger partial charge on any atom is 0.320 e. The minimum absolute atomic E-state index is 0.0224. The van der Waals surface area contributed by atoms with Crippen LogP contribution in [0.3, 0.4) is 0 Å². The molecule has 4 rings (SSSR count). The molecule has 3 aromatic rings. The number of aromatic amines is 1. The van der Waals surface area contributed by atoms with Gasteiger partial charge in [0.15, 0.2) is 0 Å². The molecule has 182 valence electrons. The van der Waals surface area contributed by atoms with Crippen LogP contribution in [0.5, 0.6) is 0 Å². The summed E-state index contributed by atoms with van der Waals surface area (Å²) in [4.78, 5) is 35.6. The molecule has 1 amide bonds. The minimum atomic E-state index is -0.625. The van der Waals surface area contributed by atoms with Crippen LogP contribution in [0.25, 0.3) is 0 Å². The molecule has 1 aliphatic carbocycles. The van der Waals surface area contributed by atoms with E-state index in [2.05, 4.69) is 25.8 Å². The maximum atomic E-state index is 12.0. The molecule has 4 N–H and O–H groups in total. The van der Waals surface area contributed by atoms with E-state index >= 15 is 0 Å². The number of carbonyl (C=O) groups excluding carboxylic acids is 2. The largest absolute Gasteiger partial charge is 0.400 e. The first-order chi connectivity index (χ1) is 16.5. The average molecular weight is 510 g/mol. The van der Waals surface area contributed by atoms with Crippen LogP contribution in [0, 0.1) is 5.92 Å². The Morgan fingerprint density at radius 1 is 1.15 bits per heavy atom. The van der Waals surface area contributed by atoms with E-state index in [1.807, 2.05) is 0 Å². The zero-order valence-electron chi connectivity index (χ0n) is 18.4. The Hall–Kier alpha value is -3.21. The number of carbonyl (C=O) groups is 2. The molecule has 1 saturated carbocycles. The van der Waals surface area contributed by atoms with Gasteiger partial charge in [0.05, 0.1) is 21.4 Å². The summed E-state index contributed by atoms with van der Waals surface area (Å²) in [5.74, 6) is -0.481. The van der Waals surface area contributed by atoms with Crippen molar-refractivity contribution in [3.8, 4) is 0 Å². The molecule has 12 heteroatoms. The third-order valence-corrected chi connectivity index (χ3v) is 5.52. The van der Waals surface area contributed by atoms with Gasteiger partial charge in [-0.3, -0.25) is 9.59 Å². The van der Waals surface area contributed by atoms with Gasteiger partial charge in [-0.15, -0.1) is 5.10 Å². The van der Waals surface area contributed by atoms with Crippen molar-refractivity contribution >= 4 is 52.8 Å². The third kappa shape index (κ3) is 8.29. The summed E-state index contributed by atoms with van der Waals surface area (Å²) in [6, 6.07) is 7.68. The van der Waals surface area contributed by atoms with Crippen molar-refractivity contribution in [1.82, 2.24) is 15.2 Å². The monoisotopic (exact) mass is 509 g/mol. The van der Waals surface area contributed by atoms with Crippen LogP contribution in [0.15, 0.2) is 45.7 Å². The number of aliphatic hydroxyl groups is 1. The van der Waals surface area contributed by atoms with E-state index in [-0.39, 0.29) is 22.5 Å². The molecule has 0 unspecified atom stereocenters. The predicted molar refractivity (Wildman–Crippen MR) is 130 cm³/mol. The standard InChI is InChI=1S/C14H9Cl2N5O3.C7H12O.CH4O/c15-8-2-1-3-9(11(8)16)19-14-21-20-13(24-14)12(23)18-7-4-5-10(22)17-6-7;8-6-7-4-2-1-3-5-7;1-2/h1-6H,(H,17,22)(H,18,23)(H,19,21);6-7H,1-5H2;2H,1H3. The Labute approximate surface area is 205 Å². The van der Waals surface area contributed by atoms with Crippen molar-refractivity contribution in [2.75, 3.05) is 17.7 Å². The molecular formula is C22H25Cl2N5O5. The SMILES string of the molecule is CO.O=C(Nc1ccc(=O)[nH]c1)c1nnc(Nc2cccc(Cl)c2Cl)o1.O=CC1CCCCC1. The number of hydrogen-bond acceptors (Lipinski definition) is 8. The lowest BCUT2D eigenvalue weighted by Crippen LogP contribution is -2.14. The van der Waals surface area contributed by atoms with Gasteiger partial charge >= 0.3 is 17.8 Å². The smallest absolute Gasteiger partial charge is 0.320 e. The van der Waals surface area contributed by atoms with E-state index in [0.717, 1.165) is 26.2 Å². The van der Waals surface area contributed by atoms with E-state index in [9.17, 15) is 14.4 Å². The summed E-state index contributed by atoms with van der Waals surface area (Å²) >= 11 is 11.9. The van der Waals surface area contributed by atoms with Crippen molar-refractivity contribution in [1.29, 1.82) is 0 Å². The Morgan fingerprint density at radius 3 is 2.50 bits per heavy atom. The summed E-state index contributed by atoms with van der Waals surface area (Å²) in [6.45, 7) is 0. The van der Waals surface area contributed by atoms with Crippen molar-refractivity contribution in [3.63, 3.8) is 0 Å².